The fourth-order valence-corrected chi connectivity index (χ4v) is 2.36. The number of rotatable bonds is 6. The highest BCUT2D eigenvalue weighted by Gasteiger charge is 2.17. The summed E-state index contributed by atoms with van der Waals surface area (Å²) in [5.74, 6) is -0.544. The van der Waals surface area contributed by atoms with Gasteiger partial charge in [-0.25, -0.2) is 4.39 Å². The van der Waals surface area contributed by atoms with Gasteiger partial charge in [-0.15, -0.1) is 0 Å². The normalized spacial score (nSPS) is 10.2. The van der Waals surface area contributed by atoms with Gasteiger partial charge in [0.1, 0.15) is 18.1 Å². The minimum Gasteiger partial charge on any atom is -0.497 e. The third-order valence-corrected chi connectivity index (χ3v) is 3.84. The van der Waals surface area contributed by atoms with Crippen LogP contribution in [0.4, 0.5) is 10.1 Å². The maximum atomic E-state index is 13.3. The monoisotopic (exact) mass is 364 g/mol. The van der Waals surface area contributed by atoms with Crippen molar-refractivity contribution in [1.29, 1.82) is 0 Å². The molecule has 25 heavy (non-hydrogen) atoms. The lowest BCUT2D eigenvalue weighted by Gasteiger charge is -2.21. The number of hydrogen-bond acceptors (Lipinski definition) is 3. The van der Waals surface area contributed by atoms with E-state index >= 15 is 0 Å². The first-order valence-corrected chi connectivity index (χ1v) is 7.91. The fourth-order valence-electron chi connectivity index (χ4n) is 2.18. The Kier molecular flexibility index (Phi) is 6.36. The van der Waals surface area contributed by atoms with Crippen molar-refractivity contribution in [2.24, 2.45) is 0 Å². The lowest BCUT2D eigenvalue weighted by Crippen LogP contribution is -2.39. The molecule has 0 radical (unpaired) electrons. The maximum absolute atomic E-state index is 13.3. The molecule has 0 aromatic heterocycles. The van der Waals surface area contributed by atoms with Crippen molar-refractivity contribution in [3.8, 4) is 5.75 Å². The average molecular weight is 365 g/mol. The van der Waals surface area contributed by atoms with Gasteiger partial charge in [0.2, 0.25) is 11.8 Å². The van der Waals surface area contributed by atoms with E-state index in [1.807, 2.05) is 12.1 Å². The van der Waals surface area contributed by atoms with Gasteiger partial charge in [-0.2, -0.15) is 0 Å². The molecule has 2 rings (SSSR count). The molecule has 1 N–H and O–H groups in total. The highest BCUT2D eigenvalue weighted by molar-refractivity contribution is 6.31. The largest absolute Gasteiger partial charge is 0.497 e. The van der Waals surface area contributed by atoms with Crippen LogP contribution in [0.3, 0.4) is 0 Å². The van der Waals surface area contributed by atoms with Gasteiger partial charge in [-0.05, 0) is 35.9 Å². The van der Waals surface area contributed by atoms with Gasteiger partial charge in [0.15, 0.2) is 0 Å². The lowest BCUT2D eigenvalue weighted by atomic mass is 10.2. The molecule has 0 spiro atoms. The number of methoxy groups -OCH3 is 1. The van der Waals surface area contributed by atoms with Crippen LogP contribution in [0.15, 0.2) is 42.5 Å². The molecule has 0 bridgehead atoms. The van der Waals surface area contributed by atoms with E-state index in [9.17, 15) is 14.0 Å². The lowest BCUT2D eigenvalue weighted by molar-refractivity contribution is -0.123. The van der Waals surface area contributed by atoms with E-state index in [0.717, 1.165) is 17.4 Å². The number of carbonyl (C=O) groups is 2. The quantitative estimate of drug-likeness (QED) is 0.856. The number of hydrogen-bond donors (Lipinski definition) is 1. The Morgan fingerprint density at radius 1 is 1.20 bits per heavy atom. The van der Waals surface area contributed by atoms with Crippen LogP contribution in [0.5, 0.6) is 5.75 Å². The molecule has 0 fully saturated rings. The van der Waals surface area contributed by atoms with E-state index in [-0.39, 0.29) is 23.4 Å². The molecule has 0 aliphatic rings. The number of ether oxygens (including phenoxy) is 1. The van der Waals surface area contributed by atoms with E-state index in [1.165, 1.54) is 24.0 Å². The molecule has 2 aromatic rings. The smallest absolute Gasteiger partial charge is 0.240 e. The van der Waals surface area contributed by atoms with Crippen molar-refractivity contribution in [3.63, 3.8) is 0 Å². The molecule has 2 amide bonds. The Morgan fingerprint density at radius 2 is 1.88 bits per heavy atom. The molecular weight excluding hydrogens is 347 g/mol. The predicted octanol–water partition coefficient (Wildman–Crippen LogP) is 3.16. The van der Waals surface area contributed by atoms with Crippen LogP contribution in [0.2, 0.25) is 5.02 Å². The minimum atomic E-state index is -0.585. The molecule has 7 heteroatoms. The average Bonchev–Trinajstić information content (AvgIpc) is 2.60. The number of nitrogens with one attached hydrogen (secondary N) is 1. The molecule has 0 saturated heterocycles. The molecule has 0 heterocycles. The first-order valence-electron chi connectivity index (χ1n) is 7.53. The molecular formula is C18H18ClFN2O3. The highest BCUT2D eigenvalue weighted by Crippen LogP contribution is 2.22. The van der Waals surface area contributed by atoms with Gasteiger partial charge in [-0.3, -0.25) is 9.59 Å². The van der Waals surface area contributed by atoms with Crippen molar-refractivity contribution in [3.05, 3.63) is 58.9 Å². The number of nitrogens with zero attached hydrogens (tertiary/aromatic N) is 1. The molecule has 5 nitrogen and oxygen atoms in total. The number of amides is 2. The second-order valence-corrected chi connectivity index (χ2v) is 5.74. The number of carbonyl (C=O) groups excluding carboxylic acids is 2. The summed E-state index contributed by atoms with van der Waals surface area (Å²) >= 11 is 5.74. The predicted molar refractivity (Wildman–Crippen MR) is 94.3 cm³/mol. The zero-order chi connectivity index (χ0) is 18.4. The number of benzene rings is 2. The van der Waals surface area contributed by atoms with Crippen LogP contribution in [-0.2, 0) is 16.1 Å². The Hall–Kier alpha value is -2.60. The third-order valence-electron chi connectivity index (χ3n) is 3.55. The van der Waals surface area contributed by atoms with Crippen LogP contribution in [0, 0.1) is 5.82 Å². The zero-order valence-electron chi connectivity index (χ0n) is 13.9. The summed E-state index contributed by atoms with van der Waals surface area (Å²) in [7, 11) is 1.58. The van der Waals surface area contributed by atoms with Gasteiger partial charge in [0.05, 0.1) is 12.1 Å². The molecule has 0 aliphatic heterocycles. The number of anilines is 1. The zero-order valence-corrected chi connectivity index (χ0v) is 14.6. The van der Waals surface area contributed by atoms with Crippen LogP contribution in [0.25, 0.3) is 0 Å². The number of halogens is 2. The topological polar surface area (TPSA) is 58.6 Å². The maximum Gasteiger partial charge on any atom is 0.240 e. The first-order chi connectivity index (χ1) is 11.9. The molecule has 2 aromatic carbocycles. The van der Waals surface area contributed by atoms with E-state index in [0.29, 0.717) is 12.2 Å². The molecule has 0 unspecified atom stereocenters. The van der Waals surface area contributed by atoms with Gasteiger partial charge in [0, 0.05) is 19.2 Å². The van der Waals surface area contributed by atoms with E-state index in [1.54, 1.807) is 19.2 Å². The van der Waals surface area contributed by atoms with Crippen molar-refractivity contribution >= 4 is 29.1 Å². The standard InChI is InChI=1S/C18H18ClFN2O3/c1-12(23)22(14-5-8-17(20)16(19)9-14)11-18(24)21-10-13-3-6-15(25-2)7-4-13/h3-9H,10-11H2,1-2H3,(H,21,24). The Morgan fingerprint density at radius 3 is 2.44 bits per heavy atom. The summed E-state index contributed by atoms with van der Waals surface area (Å²) < 4.78 is 18.3. The van der Waals surface area contributed by atoms with Crippen molar-refractivity contribution in [2.75, 3.05) is 18.6 Å². The second kappa shape index (κ2) is 8.48. The summed E-state index contributed by atoms with van der Waals surface area (Å²) in [4.78, 5) is 25.2. The van der Waals surface area contributed by atoms with Gasteiger partial charge < -0.3 is 15.0 Å². The molecule has 0 atom stereocenters. The summed E-state index contributed by atoms with van der Waals surface area (Å²) in [6, 6.07) is 11.1. The van der Waals surface area contributed by atoms with E-state index < -0.39 is 5.82 Å². The van der Waals surface area contributed by atoms with E-state index in [4.69, 9.17) is 16.3 Å². The van der Waals surface area contributed by atoms with Crippen molar-refractivity contribution < 1.29 is 18.7 Å². The molecule has 0 aliphatic carbocycles. The summed E-state index contributed by atoms with van der Waals surface area (Å²) in [6.07, 6.45) is 0. The summed E-state index contributed by atoms with van der Waals surface area (Å²) in [6.45, 7) is 1.46. The Balaban J connectivity index is 1.99. The van der Waals surface area contributed by atoms with Gasteiger partial charge in [0.25, 0.3) is 0 Å². The van der Waals surface area contributed by atoms with Crippen LogP contribution in [0.1, 0.15) is 12.5 Å². The second-order valence-electron chi connectivity index (χ2n) is 5.33. The van der Waals surface area contributed by atoms with Gasteiger partial charge >= 0.3 is 0 Å². The Labute approximate surface area is 150 Å². The Bertz CT molecular complexity index is 765. The van der Waals surface area contributed by atoms with E-state index in [2.05, 4.69) is 5.32 Å². The summed E-state index contributed by atoms with van der Waals surface area (Å²) in [5.41, 5.74) is 1.26. The molecule has 132 valence electrons. The minimum absolute atomic E-state index is 0.109. The van der Waals surface area contributed by atoms with Crippen LogP contribution in [-0.4, -0.2) is 25.5 Å². The highest BCUT2D eigenvalue weighted by atomic mass is 35.5. The fraction of sp³-hybridized carbons (Fsp3) is 0.222. The van der Waals surface area contributed by atoms with Crippen molar-refractivity contribution in [1.82, 2.24) is 5.32 Å². The van der Waals surface area contributed by atoms with Crippen LogP contribution < -0.4 is 15.0 Å². The SMILES string of the molecule is COc1ccc(CNC(=O)CN(C(C)=O)c2ccc(F)c(Cl)c2)cc1. The van der Waals surface area contributed by atoms with Gasteiger partial charge in [-0.1, -0.05) is 23.7 Å². The summed E-state index contributed by atoms with van der Waals surface area (Å²) in [5, 5.41) is 2.63. The van der Waals surface area contributed by atoms with Crippen molar-refractivity contribution in [2.45, 2.75) is 13.5 Å². The third kappa shape index (κ3) is 5.19. The first kappa shape index (κ1) is 18.7. The van der Waals surface area contributed by atoms with Crippen LogP contribution >= 0.6 is 11.6 Å². The molecule has 0 saturated carbocycles.